The molecule has 1 aliphatic carbocycles. The average Bonchev–Trinajstić information content (AvgIpc) is 1.99. The van der Waals surface area contributed by atoms with Crippen molar-refractivity contribution in [1.29, 1.82) is 0 Å². The maximum atomic E-state index is 9.21. The van der Waals surface area contributed by atoms with Crippen LogP contribution in [-0.2, 0) is 4.74 Å². The second-order valence-electron chi connectivity index (χ2n) is 2.73. The molecule has 2 N–H and O–H groups in total. The molecule has 0 unspecified atom stereocenters. The number of rotatable bonds is 0. The topological polar surface area (TPSA) is 83.8 Å². The smallest absolute Gasteiger partial charge is 0.449 e. The molecule has 1 aliphatic rings. The van der Waals surface area contributed by atoms with E-state index in [1.807, 2.05) is 0 Å². The van der Waals surface area contributed by atoms with Crippen LogP contribution < -0.4 is 0 Å². The summed E-state index contributed by atoms with van der Waals surface area (Å²) >= 11 is 0. The van der Waals surface area contributed by atoms with Gasteiger partial charge >= 0.3 is 12.3 Å². The van der Waals surface area contributed by atoms with Crippen molar-refractivity contribution in [2.24, 2.45) is 0 Å². The van der Waals surface area contributed by atoms with Crippen molar-refractivity contribution in [2.75, 3.05) is 0 Å². The molecule has 0 aliphatic heterocycles. The van der Waals surface area contributed by atoms with Crippen molar-refractivity contribution in [3.63, 3.8) is 0 Å². The molecule has 5 heteroatoms. The summed E-state index contributed by atoms with van der Waals surface area (Å²) in [6, 6.07) is 0. The van der Waals surface area contributed by atoms with Crippen LogP contribution in [0, 0.1) is 0 Å². The number of hydrogen-bond acceptors (Lipinski definition) is 3. The van der Waals surface area contributed by atoms with Gasteiger partial charge in [-0.15, -0.1) is 0 Å². The first-order valence-corrected chi connectivity index (χ1v) is 4.56. The van der Waals surface area contributed by atoms with Crippen LogP contribution >= 0.6 is 0 Å². The fourth-order valence-corrected chi connectivity index (χ4v) is 0.931. The highest BCUT2D eigenvalue weighted by atomic mass is 16.7. The fraction of sp³-hybridized carbons (Fsp3) is 0.400. The minimum atomic E-state index is -1.81. The number of hydrogen-bond donors (Lipinski definition) is 2. The molecule has 0 amide bonds. The van der Waals surface area contributed by atoms with Crippen LogP contribution in [0.1, 0.15) is 25.7 Å². The zero-order valence-electron chi connectivity index (χ0n) is 8.26. The Bertz CT molecular complexity index is 217. The Morgan fingerprint density at radius 2 is 1.07 bits per heavy atom. The van der Waals surface area contributed by atoms with Crippen molar-refractivity contribution >= 4 is 12.3 Å². The molecule has 0 spiro atoms. The van der Waals surface area contributed by atoms with E-state index in [2.05, 4.69) is 29.0 Å². The summed E-state index contributed by atoms with van der Waals surface area (Å²) in [4.78, 5) is 18.4. The fourth-order valence-electron chi connectivity index (χ4n) is 0.931. The second kappa shape index (κ2) is 8.80. The Hall–Kier alpha value is -1.78. The SMILES string of the molecule is C1=CCCC=CCC1.O=C(O)OC(=O)O. The molecule has 0 radical (unpaired) electrons. The lowest BCUT2D eigenvalue weighted by Crippen LogP contribution is -2.05. The first-order valence-electron chi connectivity index (χ1n) is 4.56. The molecular formula is C10H14O5. The van der Waals surface area contributed by atoms with Gasteiger partial charge in [-0.25, -0.2) is 9.59 Å². The number of allylic oxidation sites excluding steroid dienone is 4. The van der Waals surface area contributed by atoms with Crippen molar-refractivity contribution < 1.29 is 24.5 Å². The van der Waals surface area contributed by atoms with Crippen molar-refractivity contribution in [3.05, 3.63) is 24.3 Å². The highest BCUT2D eigenvalue weighted by Crippen LogP contribution is 2.02. The molecule has 0 atom stereocenters. The van der Waals surface area contributed by atoms with E-state index in [9.17, 15) is 9.59 Å². The minimum Gasteiger partial charge on any atom is -0.449 e. The standard InChI is InChI=1S/C8H12.C2H2O5/c1-2-4-6-8-7-5-3-1;3-1(4)7-2(5)6/h1-2,7-8H,3-6H2;(H,3,4)(H,5,6). The predicted molar refractivity (Wildman–Crippen MR) is 53.9 cm³/mol. The quantitative estimate of drug-likeness (QED) is 0.368. The van der Waals surface area contributed by atoms with E-state index in [0.717, 1.165) is 0 Å². The van der Waals surface area contributed by atoms with Crippen LogP contribution in [0.15, 0.2) is 24.3 Å². The van der Waals surface area contributed by atoms with Crippen LogP contribution in [0.25, 0.3) is 0 Å². The number of carbonyl (C=O) groups is 2. The van der Waals surface area contributed by atoms with Crippen LogP contribution in [-0.4, -0.2) is 22.5 Å². The van der Waals surface area contributed by atoms with Crippen LogP contribution in [0.4, 0.5) is 9.59 Å². The van der Waals surface area contributed by atoms with Crippen LogP contribution in [0.2, 0.25) is 0 Å². The summed E-state index contributed by atoms with van der Waals surface area (Å²) in [6.07, 6.45) is 10.4. The molecule has 0 heterocycles. The predicted octanol–water partition coefficient (Wildman–Crippen LogP) is 3.03. The Balaban J connectivity index is 0.000000265. The van der Waals surface area contributed by atoms with Gasteiger partial charge in [-0.1, -0.05) is 24.3 Å². The molecule has 0 bridgehead atoms. The largest absolute Gasteiger partial charge is 0.516 e. The molecule has 0 saturated carbocycles. The van der Waals surface area contributed by atoms with Gasteiger partial charge in [0, 0.05) is 0 Å². The molecule has 0 fully saturated rings. The van der Waals surface area contributed by atoms with E-state index in [0.29, 0.717) is 0 Å². The molecule has 5 nitrogen and oxygen atoms in total. The number of carboxylic acid groups (broad SMARTS) is 2. The molecule has 0 saturated heterocycles. The summed E-state index contributed by atoms with van der Waals surface area (Å²) in [6.45, 7) is 0. The van der Waals surface area contributed by atoms with E-state index in [-0.39, 0.29) is 0 Å². The van der Waals surface area contributed by atoms with Gasteiger partial charge in [0.25, 0.3) is 0 Å². The lowest BCUT2D eigenvalue weighted by Gasteiger charge is -1.92. The Morgan fingerprint density at radius 1 is 0.800 bits per heavy atom. The van der Waals surface area contributed by atoms with E-state index >= 15 is 0 Å². The monoisotopic (exact) mass is 214 g/mol. The number of ether oxygens (including phenoxy) is 1. The lowest BCUT2D eigenvalue weighted by molar-refractivity contribution is 0.0802. The van der Waals surface area contributed by atoms with E-state index in [1.54, 1.807) is 0 Å². The van der Waals surface area contributed by atoms with Crippen LogP contribution in [0.3, 0.4) is 0 Å². The van der Waals surface area contributed by atoms with Crippen LogP contribution in [0.5, 0.6) is 0 Å². The second-order valence-corrected chi connectivity index (χ2v) is 2.73. The van der Waals surface area contributed by atoms with Crippen molar-refractivity contribution in [3.8, 4) is 0 Å². The third-order valence-corrected chi connectivity index (χ3v) is 1.51. The summed E-state index contributed by atoms with van der Waals surface area (Å²) in [5.41, 5.74) is 0. The van der Waals surface area contributed by atoms with Gasteiger partial charge in [0.1, 0.15) is 0 Å². The molecule has 0 aromatic rings. The molecule has 15 heavy (non-hydrogen) atoms. The van der Waals surface area contributed by atoms with Gasteiger partial charge in [0.15, 0.2) is 0 Å². The Morgan fingerprint density at radius 3 is 1.20 bits per heavy atom. The highest BCUT2D eigenvalue weighted by Gasteiger charge is 2.01. The Kier molecular flexibility index (Phi) is 7.76. The average molecular weight is 214 g/mol. The van der Waals surface area contributed by atoms with E-state index < -0.39 is 12.3 Å². The maximum absolute atomic E-state index is 9.21. The first kappa shape index (κ1) is 13.2. The summed E-state index contributed by atoms with van der Waals surface area (Å²) in [5, 5.41) is 15.0. The molecular weight excluding hydrogens is 200 g/mol. The first-order chi connectivity index (χ1) is 7.13. The molecule has 0 aromatic heterocycles. The maximum Gasteiger partial charge on any atom is 0.516 e. The third-order valence-electron chi connectivity index (χ3n) is 1.51. The summed E-state index contributed by atoms with van der Waals surface area (Å²) in [7, 11) is 0. The molecule has 84 valence electrons. The normalized spacial score (nSPS) is 14.1. The minimum absolute atomic E-state index is 1.23. The van der Waals surface area contributed by atoms with Gasteiger partial charge in [0.05, 0.1) is 0 Å². The van der Waals surface area contributed by atoms with Crippen molar-refractivity contribution in [2.45, 2.75) is 25.7 Å². The highest BCUT2D eigenvalue weighted by molar-refractivity contribution is 5.74. The van der Waals surface area contributed by atoms with Gasteiger partial charge < -0.3 is 14.9 Å². The van der Waals surface area contributed by atoms with E-state index in [4.69, 9.17) is 10.2 Å². The molecule has 0 aromatic carbocycles. The van der Waals surface area contributed by atoms with Gasteiger partial charge in [-0.3, -0.25) is 0 Å². The third kappa shape index (κ3) is 12.2. The van der Waals surface area contributed by atoms with Gasteiger partial charge in [-0.05, 0) is 25.7 Å². The molecule has 1 rings (SSSR count). The Labute approximate surface area is 87.7 Å². The zero-order chi connectivity index (χ0) is 11.5. The van der Waals surface area contributed by atoms with Gasteiger partial charge in [-0.2, -0.15) is 0 Å². The van der Waals surface area contributed by atoms with Gasteiger partial charge in [0.2, 0.25) is 0 Å². The zero-order valence-corrected chi connectivity index (χ0v) is 8.26. The lowest BCUT2D eigenvalue weighted by atomic mass is 10.1. The summed E-state index contributed by atoms with van der Waals surface area (Å²) < 4.78 is 3.08. The van der Waals surface area contributed by atoms with E-state index in [1.165, 1.54) is 25.7 Å². The summed E-state index contributed by atoms with van der Waals surface area (Å²) in [5.74, 6) is 0. The van der Waals surface area contributed by atoms with Crippen molar-refractivity contribution in [1.82, 2.24) is 0 Å².